The van der Waals surface area contributed by atoms with Crippen molar-refractivity contribution in [2.24, 2.45) is 5.10 Å². The number of amides is 1. The molecule has 0 atom stereocenters. The van der Waals surface area contributed by atoms with Gasteiger partial charge in [-0.05, 0) is 5.56 Å². The highest BCUT2D eigenvalue weighted by Gasteiger charge is 2.03. The molecule has 0 saturated heterocycles. The molecular formula is C13H13N5O. The maximum absolute atomic E-state index is 11.5. The first-order valence-electron chi connectivity index (χ1n) is 5.71. The molecular weight excluding hydrogens is 242 g/mol. The summed E-state index contributed by atoms with van der Waals surface area (Å²) < 4.78 is 0. The number of hydrogen-bond donors (Lipinski definition) is 2. The summed E-state index contributed by atoms with van der Waals surface area (Å²) in [6, 6.07) is 9.84. The van der Waals surface area contributed by atoms with Crippen LogP contribution in [0.5, 0.6) is 0 Å². The van der Waals surface area contributed by atoms with Gasteiger partial charge in [0.1, 0.15) is 12.0 Å². The van der Waals surface area contributed by atoms with Gasteiger partial charge in [-0.1, -0.05) is 30.3 Å². The second-order valence-electron chi connectivity index (χ2n) is 3.64. The average molecular weight is 255 g/mol. The fourth-order valence-electron chi connectivity index (χ4n) is 1.36. The van der Waals surface area contributed by atoms with Gasteiger partial charge in [0.2, 0.25) is 0 Å². The first kappa shape index (κ1) is 12.7. The predicted octanol–water partition coefficient (Wildman–Crippen LogP) is 0.939. The number of hydrogen-bond acceptors (Lipinski definition) is 5. The standard InChI is InChI=1S/C13H13N5O/c19-13(12-9-14-6-7-15-12)16-10-18-17-8-11-4-2-1-3-5-11/h1-7,9-10,17H,8H2,(H,16,18,19). The second-order valence-corrected chi connectivity index (χ2v) is 3.64. The quantitative estimate of drug-likeness (QED) is 0.473. The van der Waals surface area contributed by atoms with E-state index in [4.69, 9.17) is 0 Å². The largest absolute Gasteiger partial charge is 0.310 e. The van der Waals surface area contributed by atoms with E-state index in [9.17, 15) is 4.79 Å². The summed E-state index contributed by atoms with van der Waals surface area (Å²) in [6.07, 6.45) is 5.65. The average Bonchev–Trinajstić information content (AvgIpc) is 2.49. The summed E-state index contributed by atoms with van der Waals surface area (Å²) in [5.41, 5.74) is 4.19. The van der Waals surface area contributed by atoms with Crippen molar-refractivity contribution in [2.75, 3.05) is 0 Å². The minimum atomic E-state index is -0.349. The van der Waals surface area contributed by atoms with E-state index in [2.05, 4.69) is 25.8 Å². The third-order valence-electron chi connectivity index (χ3n) is 2.27. The summed E-state index contributed by atoms with van der Waals surface area (Å²) in [4.78, 5) is 19.2. The van der Waals surface area contributed by atoms with Gasteiger partial charge >= 0.3 is 0 Å². The maximum Gasteiger partial charge on any atom is 0.276 e. The highest BCUT2D eigenvalue weighted by atomic mass is 16.1. The predicted molar refractivity (Wildman–Crippen MR) is 71.3 cm³/mol. The molecule has 2 aromatic rings. The molecule has 19 heavy (non-hydrogen) atoms. The molecule has 96 valence electrons. The molecule has 6 heteroatoms. The van der Waals surface area contributed by atoms with Crippen LogP contribution in [0.4, 0.5) is 0 Å². The van der Waals surface area contributed by atoms with Gasteiger partial charge < -0.3 is 10.7 Å². The van der Waals surface area contributed by atoms with Gasteiger partial charge in [-0.2, -0.15) is 5.10 Å². The van der Waals surface area contributed by atoms with Crippen molar-refractivity contribution in [3.8, 4) is 0 Å². The Kier molecular flexibility index (Phi) is 4.58. The number of carbonyl (C=O) groups excluding carboxylic acids is 1. The van der Waals surface area contributed by atoms with E-state index in [1.165, 1.54) is 24.9 Å². The van der Waals surface area contributed by atoms with E-state index >= 15 is 0 Å². The molecule has 1 aromatic heterocycles. The summed E-state index contributed by atoms with van der Waals surface area (Å²) in [6.45, 7) is 0.596. The minimum absolute atomic E-state index is 0.247. The lowest BCUT2D eigenvalue weighted by atomic mass is 10.2. The van der Waals surface area contributed by atoms with Gasteiger partial charge in [0.25, 0.3) is 5.91 Å². The van der Waals surface area contributed by atoms with Crippen molar-refractivity contribution in [2.45, 2.75) is 6.54 Å². The monoisotopic (exact) mass is 255 g/mol. The minimum Gasteiger partial charge on any atom is -0.310 e. The topological polar surface area (TPSA) is 79.3 Å². The molecule has 0 fully saturated rings. The lowest BCUT2D eigenvalue weighted by molar-refractivity contribution is 0.0973. The highest BCUT2D eigenvalue weighted by Crippen LogP contribution is 1.96. The first-order chi connectivity index (χ1) is 9.36. The molecule has 1 heterocycles. The van der Waals surface area contributed by atoms with Crippen molar-refractivity contribution < 1.29 is 4.79 Å². The van der Waals surface area contributed by atoms with Crippen LogP contribution in [0.3, 0.4) is 0 Å². The van der Waals surface area contributed by atoms with E-state index in [1.807, 2.05) is 30.3 Å². The zero-order valence-corrected chi connectivity index (χ0v) is 10.2. The van der Waals surface area contributed by atoms with Crippen molar-refractivity contribution >= 4 is 12.2 Å². The molecule has 0 spiro atoms. The van der Waals surface area contributed by atoms with Crippen molar-refractivity contribution in [3.05, 3.63) is 60.2 Å². The number of hydrazone groups is 1. The fraction of sp³-hybridized carbons (Fsp3) is 0.0769. The summed E-state index contributed by atoms with van der Waals surface area (Å²) >= 11 is 0. The Morgan fingerprint density at radius 3 is 2.84 bits per heavy atom. The Morgan fingerprint density at radius 1 is 1.26 bits per heavy atom. The van der Waals surface area contributed by atoms with Crippen molar-refractivity contribution in [3.63, 3.8) is 0 Å². The van der Waals surface area contributed by atoms with Gasteiger partial charge in [-0.15, -0.1) is 0 Å². The van der Waals surface area contributed by atoms with Crippen LogP contribution in [-0.2, 0) is 6.54 Å². The van der Waals surface area contributed by atoms with Gasteiger partial charge in [0, 0.05) is 12.4 Å². The van der Waals surface area contributed by atoms with Crippen LogP contribution in [-0.4, -0.2) is 22.2 Å². The zero-order valence-electron chi connectivity index (χ0n) is 10.2. The maximum atomic E-state index is 11.5. The number of nitrogens with one attached hydrogen (secondary N) is 2. The van der Waals surface area contributed by atoms with Crippen LogP contribution in [0.1, 0.15) is 16.1 Å². The Hall–Kier alpha value is -2.76. The van der Waals surface area contributed by atoms with Crippen LogP contribution in [0.25, 0.3) is 0 Å². The number of carbonyl (C=O) groups is 1. The molecule has 0 bridgehead atoms. The van der Waals surface area contributed by atoms with Crippen LogP contribution in [0.2, 0.25) is 0 Å². The van der Waals surface area contributed by atoms with E-state index in [0.29, 0.717) is 6.54 Å². The van der Waals surface area contributed by atoms with Crippen LogP contribution < -0.4 is 10.7 Å². The van der Waals surface area contributed by atoms with Gasteiger partial charge in [0.05, 0.1) is 12.7 Å². The Labute approximate surface area is 110 Å². The lowest BCUT2D eigenvalue weighted by Crippen LogP contribution is -2.24. The van der Waals surface area contributed by atoms with E-state index < -0.39 is 0 Å². The number of benzene rings is 1. The molecule has 1 aromatic carbocycles. The van der Waals surface area contributed by atoms with E-state index in [1.54, 1.807) is 0 Å². The Balaban J connectivity index is 1.74. The van der Waals surface area contributed by atoms with Crippen LogP contribution in [0, 0.1) is 0 Å². The number of aromatic nitrogens is 2. The van der Waals surface area contributed by atoms with E-state index in [-0.39, 0.29) is 11.6 Å². The van der Waals surface area contributed by atoms with Crippen molar-refractivity contribution in [1.82, 2.24) is 20.7 Å². The molecule has 0 aliphatic rings. The third kappa shape index (κ3) is 4.19. The first-order valence-corrected chi connectivity index (χ1v) is 5.71. The molecule has 0 saturated carbocycles. The Morgan fingerprint density at radius 2 is 2.11 bits per heavy atom. The zero-order chi connectivity index (χ0) is 13.3. The van der Waals surface area contributed by atoms with Gasteiger partial charge in [-0.3, -0.25) is 9.78 Å². The number of nitrogens with zero attached hydrogens (tertiary/aromatic N) is 3. The lowest BCUT2D eigenvalue weighted by Gasteiger charge is -2.00. The molecule has 1 amide bonds. The molecule has 2 N–H and O–H groups in total. The molecule has 6 nitrogen and oxygen atoms in total. The smallest absolute Gasteiger partial charge is 0.276 e. The SMILES string of the molecule is O=C(N/C=N/NCc1ccccc1)c1cnccn1. The molecule has 2 rings (SSSR count). The van der Waals surface area contributed by atoms with E-state index in [0.717, 1.165) is 5.56 Å². The van der Waals surface area contributed by atoms with Crippen LogP contribution in [0.15, 0.2) is 54.0 Å². The molecule has 0 aliphatic heterocycles. The molecule has 0 radical (unpaired) electrons. The molecule has 0 aliphatic carbocycles. The normalized spacial score (nSPS) is 10.3. The second kappa shape index (κ2) is 6.85. The van der Waals surface area contributed by atoms with Gasteiger partial charge in [-0.25, -0.2) is 4.98 Å². The summed E-state index contributed by atoms with van der Waals surface area (Å²) in [7, 11) is 0. The Bertz CT molecular complexity index is 541. The highest BCUT2D eigenvalue weighted by molar-refractivity contribution is 5.98. The third-order valence-corrected chi connectivity index (χ3v) is 2.27. The van der Waals surface area contributed by atoms with Gasteiger partial charge in [0.15, 0.2) is 0 Å². The van der Waals surface area contributed by atoms with Crippen LogP contribution >= 0.6 is 0 Å². The van der Waals surface area contributed by atoms with Crippen molar-refractivity contribution in [1.29, 1.82) is 0 Å². The summed E-state index contributed by atoms with van der Waals surface area (Å²) in [5, 5.41) is 6.37. The summed E-state index contributed by atoms with van der Waals surface area (Å²) in [5.74, 6) is -0.349. The molecule has 0 unspecified atom stereocenters. The fourth-order valence-corrected chi connectivity index (χ4v) is 1.36. The number of rotatable bonds is 5.